The van der Waals surface area contributed by atoms with Gasteiger partial charge >= 0.3 is 12.1 Å². The van der Waals surface area contributed by atoms with Gasteiger partial charge in [0.15, 0.2) is 11.4 Å². The Hall–Kier alpha value is -5.88. The second-order valence-corrected chi connectivity index (χ2v) is 15.5. The quantitative estimate of drug-likeness (QED) is 0.141. The largest absolute Gasteiger partial charge is 0.508 e. The van der Waals surface area contributed by atoms with E-state index < -0.39 is 93.8 Å². The minimum Gasteiger partial charge on any atom is -0.508 e. The summed E-state index contributed by atoms with van der Waals surface area (Å²) in [6.45, 7) is 3.97. The molecule has 1 heterocycles. The number of hydrogen-bond donors (Lipinski definition) is 7. The summed E-state index contributed by atoms with van der Waals surface area (Å²) in [7, 11) is 7.90. The first-order valence-corrected chi connectivity index (χ1v) is 17.3. The SMILES string of the molecule is CN(C)c1cc(NC(=O)CN(C(=O)OCc2ccn(C)c2C(=O)O)C(C)(C)C)c(O)c2c1C[C@H]1C[C@H]3[C@H](N(C)C)C(=O)C(C(N)=O)=C(O)[C@@]3(O)C(=O)C1=C2O. The summed E-state index contributed by atoms with van der Waals surface area (Å²) in [6, 6.07) is 1.71. The van der Waals surface area contributed by atoms with Crippen LogP contribution in [0, 0.1) is 11.8 Å². The van der Waals surface area contributed by atoms with Crippen molar-refractivity contribution in [2.24, 2.45) is 24.6 Å². The third-order valence-electron chi connectivity index (χ3n) is 10.5. The predicted octanol–water partition coefficient (Wildman–Crippen LogP) is 1.44. The van der Waals surface area contributed by atoms with Gasteiger partial charge in [-0.25, -0.2) is 9.59 Å². The number of ether oxygens (including phenoxy) is 1. The van der Waals surface area contributed by atoms with Crippen molar-refractivity contribution in [2.75, 3.05) is 45.0 Å². The normalized spacial score (nSPS) is 22.2. The molecule has 55 heavy (non-hydrogen) atoms. The Labute approximate surface area is 316 Å². The molecular formula is C37H46N6O12. The van der Waals surface area contributed by atoms with E-state index in [-0.39, 0.29) is 47.5 Å². The lowest BCUT2D eigenvalue weighted by molar-refractivity contribution is -0.153. The number of benzene rings is 1. The van der Waals surface area contributed by atoms with Crippen molar-refractivity contribution in [3.05, 3.63) is 57.6 Å². The molecule has 2 aromatic rings. The van der Waals surface area contributed by atoms with Gasteiger partial charge in [0.1, 0.15) is 41.7 Å². The molecule has 0 unspecified atom stereocenters. The number of aliphatic hydroxyl groups excluding tert-OH is 2. The third kappa shape index (κ3) is 6.64. The van der Waals surface area contributed by atoms with Crippen molar-refractivity contribution in [1.82, 2.24) is 14.4 Å². The molecule has 5 rings (SSSR count). The van der Waals surface area contributed by atoms with Crippen LogP contribution in [0.4, 0.5) is 16.2 Å². The maximum absolute atomic E-state index is 14.3. The number of aromatic carboxylic acids is 1. The van der Waals surface area contributed by atoms with Gasteiger partial charge < -0.3 is 50.8 Å². The third-order valence-corrected chi connectivity index (χ3v) is 10.5. The van der Waals surface area contributed by atoms with E-state index in [2.05, 4.69) is 5.32 Å². The number of phenolic OH excluding ortho intramolecular Hbond substituents is 1. The molecule has 0 aliphatic heterocycles. The molecule has 0 saturated heterocycles. The average Bonchev–Trinajstić information content (AvgIpc) is 3.44. The maximum Gasteiger partial charge on any atom is 0.411 e. The van der Waals surface area contributed by atoms with Crippen molar-refractivity contribution in [2.45, 2.75) is 57.4 Å². The van der Waals surface area contributed by atoms with Gasteiger partial charge in [-0.15, -0.1) is 0 Å². The molecule has 1 aromatic heterocycles. The molecule has 1 saturated carbocycles. The van der Waals surface area contributed by atoms with Crippen LogP contribution >= 0.6 is 0 Å². The smallest absolute Gasteiger partial charge is 0.411 e. The number of nitrogens with two attached hydrogens (primary N) is 1. The number of Topliss-reactive ketones (excluding diaryl/α,β-unsaturated/α-hetero) is 2. The zero-order valence-electron chi connectivity index (χ0n) is 31.8. The van der Waals surface area contributed by atoms with Crippen LogP contribution in [0.5, 0.6) is 5.75 Å². The lowest BCUT2D eigenvalue weighted by Gasteiger charge is -2.50. The fourth-order valence-corrected chi connectivity index (χ4v) is 7.90. The van der Waals surface area contributed by atoms with Crippen LogP contribution < -0.4 is 16.0 Å². The number of aromatic nitrogens is 1. The summed E-state index contributed by atoms with van der Waals surface area (Å²) in [5.74, 6) is -10.0. The van der Waals surface area contributed by atoms with Crippen LogP contribution in [0.2, 0.25) is 0 Å². The Bertz CT molecular complexity index is 2090. The lowest BCUT2D eigenvalue weighted by Crippen LogP contribution is -2.65. The van der Waals surface area contributed by atoms with E-state index in [4.69, 9.17) is 10.5 Å². The van der Waals surface area contributed by atoms with E-state index >= 15 is 0 Å². The number of rotatable bonds is 9. The molecule has 18 nitrogen and oxygen atoms in total. The fourth-order valence-electron chi connectivity index (χ4n) is 7.90. The van der Waals surface area contributed by atoms with Crippen LogP contribution in [0.1, 0.15) is 54.4 Å². The number of aryl methyl sites for hydroxylation is 1. The average molecular weight is 767 g/mol. The minimum absolute atomic E-state index is 0.0263. The van der Waals surface area contributed by atoms with E-state index in [1.807, 2.05) is 0 Å². The highest BCUT2D eigenvalue weighted by molar-refractivity contribution is 6.24. The number of likely N-dealkylation sites (N-methyl/N-ethyl adjacent to an activating group) is 1. The van der Waals surface area contributed by atoms with Crippen molar-refractivity contribution < 1.29 is 59.0 Å². The number of carboxylic acids is 1. The molecular weight excluding hydrogens is 720 g/mol. The zero-order valence-corrected chi connectivity index (χ0v) is 31.8. The Morgan fingerprint density at radius 1 is 1.09 bits per heavy atom. The standard InChI is InChI=1S/C37H46N6O12/c1-36(2,3)43(35(53)55-15-16-9-10-42(8)26(16)34(51)52)14-22(44)39-20-13-21(40(4)5)18-11-17-12-19-27(41(6)7)30(47)25(33(38)50)32(49)37(19,54)31(48)23(17)29(46)24(18)28(20)45/h9-10,13,17,19,27,45-46,49,54H,11-12,14-15H2,1-8H3,(H2,38,50)(H,39,44)(H,51,52)/t17-,19-,27-,37-/m0/s1. The highest BCUT2D eigenvalue weighted by Crippen LogP contribution is 2.54. The zero-order chi connectivity index (χ0) is 41.2. The number of fused-ring (bicyclic) bond motifs is 3. The highest BCUT2D eigenvalue weighted by Gasteiger charge is 2.64. The molecule has 3 aliphatic rings. The van der Waals surface area contributed by atoms with Crippen LogP contribution in [0.15, 0.2) is 35.2 Å². The number of amides is 3. The Balaban J connectivity index is 1.51. The number of aromatic hydroxyl groups is 1. The van der Waals surface area contributed by atoms with Gasteiger partial charge in [-0.1, -0.05) is 0 Å². The van der Waals surface area contributed by atoms with Crippen LogP contribution in [0.3, 0.4) is 0 Å². The number of carbonyl (C=O) groups excluding carboxylic acids is 5. The number of ketones is 2. The van der Waals surface area contributed by atoms with Crippen LogP contribution in [-0.2, 0) is 44.0 Å². The fraction of sp³-hybridized carbons (Fsp3) is 0.459. The molecule has 1 aromatic carbocycles. The number of anilines is 2. The number of aliphatic hydroxyl groups is 3. The van der Waals surface area contributed by atoms with Gasteiger partial charge in [0.25, 0.3) is 5.91 Å². The van der Waals surface area contributed by atoms with Gasteiger partial charge in [0, 0.05) is 55.6 Å². The number of carboxylic acid groups (broad SMARTS) is 1. The van der Waals surface area contributed by atoms with E-state index in [0.29, 0.717) is 11.3 Å². The van der Waals surface area contributed by atoms with Gasteiger partial charge in [0.2, 0.25) is 11.7 Å². The summed E-state index contributed by atoms with van der Waals surface area (Å²) in [5.41, 5.74) is 0.850. The number of nitrogens with zero attached hydrogens (tertiary/aromatic N) is 4. The minimum atomic E-state index is -2.82. The first-order chi connectivity index (χ1) is 25.4. The lowest BCUT2D eigenvalue weighted by atomic mass is 9.57. The van der Waals surface area contributed by atoms with Crippen molar-refractivity contribution in [3.63, 3.8) is 0 Å². The second kappa shape index (κ2) is 14.1. The molecule has 4 atom stereocenters. The van der Waals surface area contributed by atoms with Crippen molar-refractivity contribution >= 4 is 52.6 Å². The summed E-state index contributed by atoms with van der Waals surface area (Å²) in [4.78, 5) is 82.6. The van der Waals surface area contributed by atoms with Gasteiger partial charge in [-0.3, -0.25) is 29.0 Å². The number of primary amides is 1. The highest BCUT2D eigenvalue weighted by atomic mass is 16.6. The van der Waals surface area contributed by atoms with Gasteiger partial charge in [-0.2, -0.15) is 0 Å². The summed E-state index contributed by atoms with van der Waals surface area (Å²) in [6.07, 6.45) is 0.506. The maximum atomic E-state index is 14.3. The van der Waals surface area contributed by atoms with Crippen molar-refractivity contribution in [1.29, 1.82) is 0 Å². The first-order valence-electron chi connectivity index (χ1n) is 17.3. The second-order valence-electron chi connectivity index (χ2n) is 15.5. The summed E-state index contributed by atoms with van der Waals surface area (Å²) >= 11 is 0. The topological polar surface area (TPSA) is 266 Å². The van der Waals surface area contributed by atoms with E-state index in [1.165, 1.54) is 48.9 Å². The molecule has 0 bridgehead atoms. The number of phenols is 1. The number of nitrogens with one attached hydrogen (secondary N) is 1. The number of hydrogen-bond acceptors (Lipinski definition) is 13. The van der Waals surface area contributed by atoms with E-state index in [0.717, 1.165) is 4.90 Å². The van der Waals surface area contributed by atoms with E-state index in [1.54, 1.807) is 39.8 Å². The van der Waals surface area contributed by atoms with E-state index in [9.17, 15) is 54.3 Å². The molecule has 3 aliphatic carbocycles. The molecule has 8 N–H and O–H groups in total. The first kappa shape index (κ1) is 40.3. The predicted molar refractivity (Wildman–Crippen MR) is 196 cm³/mol. The Morgan fingerprint density at radius 2 is 1.73 bits per heavy atom. The van der Waals surface area contributed by atoms with Gasteiger partial charge in [0.05, 0.1) is 17.3 Å². The monoisotopic (exact) mass is 766 g/mol. The summed E-state index contributed by atoms with van der Waals surface area (Å²) in [5, 5.41) is 58.5. The molecule has 3 amide bonds. The molecule has 296 valence electrons. The number of carbonyl (C=O) groups is 6. The Kier molecular flexibility index (Phi) is 10.3. The summed E-state index contributed by atoms with van der Waals surface area (Å²) < 4.78 is 6.77. The molecule has 1 fully saturated rings. The molecule has 0 radical (unpaired) electrons. The van der Waals surface area contributed by atoms with Crippen molar-refractivity contribution in [3.8, 4) is 5.75 Å². The van der Waals surface area contributed by atoms with Gasteiger partial charge in [-0.05, 0) is 71.3 Å². The van der Waals surface area contributed by atoms with Crippen LogP contribution in [-0.4, -0.2) is 127 Å². The Morgan fingerprint density at radius 3 is 2.27 bits per heavy atom. The molecule has 0 spiro atoms. The van der Waals surface area contributed by atoms with Crippen LogP contribution in [0.25, 0.3) is 5.76 Å². The molecule has 18 heteroatoms.